The molecule has 0 spiro atoms. The molecule has 0 fully saturated rings. The minimum atomic E-state index is -0.411. The van der Waals surface area contributed by atoms with Crippen LogP contribution in [-0.2, 0) is 0 Å². The molecule has 1 nitrogen and oxygen atoms in total. The van der Waals surface area contributed by atoms with Gasteiger partial charge in [-0.3, -0.25) is 0 Å². The van der Waals surface area contributed by atoms with E-state index in [1.807, 2.05) is 6.07 Å². The van der Waals surface area contributed by atoms with Gasteiger partial charge in [0.05, 0.1) is 6.10 Å². The summed E-state index contributed by atoms with van der Waals surface area (Å²) in [5.74, 6) is 0.618. The fourth-order valence-corrected chi connectivity index (χ4v) is 3.94. The Balaban J connectivity index is 2.39. The molecule has 2 heteroatoms. The molecular weight excluding hydrogens is 264 g/mol. The van der Waals surface area contributed by atoms with Crippen LogP contribution in [0.2, 0.25) is 0 Å². The molecular formula is C18H24OS. The van der Waals surface area contributed by atoms with Gasteiger partial charge in [0.15, 0.2) is 0 Å². The number of aliphatic hydroxyl groups excluding tert-OH is 1. The zero-order valence-electron chi connectivity index (χ0n) is 12.8. The van der Waals surface area contributed by atoms with Gasteiger partial charge in [-0.2, -0.15) is 0 Å². The fourth-order valence-electron chi connectivity index (χ4n) is 2.87. The molecule has 3 unspecified atom stereocenters. The molecule has 0 aliphatic heterocycles. The van der Waals surface area contributed by atoms with Crippen molar-refractivity contribution in [1.29, 1.82) is 0 Å². The average molecular weight is 288 g/mol. The molecule has 20 heavy (non-hydrogen) atoms. The summed E-state index contributed by atoms with van der Waals surface area (Å²) in [5, 5.41) is 10.9. The highest BCUT2D eigenvalue weighted by molar-refractivity contribution is 7.12. The Bertz CT molecular complexity index is 544. The molecule has 0 saturated heterocycles. The van der Waals surface area contributed by atoms with Gasteiger partial charge in [-0.25, -0.2) is 0 Å². The molecule has 0 saturated carbocycles. The maximum Gasteiger partial charge on any atom is 0.0955 e. The lowest BCUT2D eigenvalue weighted by atomic mass is 9.80. The molecule has 1 N–H and O–H groups in total. The van der Waals surface area contributed by atoms with E-state index in [0.717, 1.165) is 11.3 Å². The lowest BCUT2D eigenvalue weighted by Crippen LogP contribution is -2.18. The highest BCUT2D eigenvalue weighted by atomic mass is 32.1. The summed E-state index contributed by atoms with van der Waals surface area (Å²) in [6.45, 7) is 8.63. The van der Waals surface area contributed by atoms with Gasteiger partial charge in [-0.15, -0.1) is 11.3 Å². The van der Waals surface area contributed by atoms with E-state index < -0.39 is 6.10 Å². The monoisotopic (exact) mass is 288 g/mol. The van der Waals surface area contributed by atoms with Gasteiger partial charge >= 0.3 is 0 Å². The van der Waals surface area contributed by atoms with Crippen molar-refractivity contribution in [2.24, 2.45) is 5.92 Å². The van der Waals surface area contributed by atoms with Crippen LogP contribution in [0.25, 0.3) is 0 Å². The van der Waals surface area contributed by atoms with Crippen molar-refractivity contribution < 1.29 is 5.11 Å². The predicted molar refractivity (Wildman–Crippen MR) is 87.4 cm³/mol. The number of aryl methyl sites for hydroxylation is 2. The zero-order chi connectivity index (χ0) is 14.7. The maximum absolute atomic E-state index is 10.9. The molecule has 1 aromatic heterocycles. The van der Waals surface area contributed by atoms with Crippen LogP contribution in [0, 0.1) is 19.8 Å². The second kappa shape index (κ2) is 6.55. The third kappa shape index (κ3) is 3.13. The molecule has 0 aliphatic carbocycles. The van der Waals surface area contributed by atoms with Crippen molar-refractivity contribution >= 4 is 11.3 Å². The highest BCUT2D eigenvalue weighted by Crippen LogP contribution is 2.41. The normalized spacial score (nSPS) is 15.8. The van der Waals surface area contributed by atoms with E-state index in [4.69, 9.17) is 0 Å². The first-order chi connectivity index (χ1) is 9.54. The summed E-state index contributed by atoms with van der Waals surface area (Å²) in [5.41, 5.74) is 2.45. The van der Waals surface area contributed by atoms with E-state index in [1.54, 1.807) is 11.3 Å². The molecule has 0 radical (unpaired) electrons. The van der Waals surface area contributed by atoms with Crippen molar-refractivity contribution in [3.05, 3.63) is 57.3 Å². The van der Waals surface area contributed by atoms with Crippen LogP contribution in [0.1, 0.15) is 53.2 Å². The zero-order valence-corrected chi connectivity index (χ0v) is 13.6. The van der Waals surface area contributed by atoms with Gasteiger partial charge in [-0.05, 0) is 37.0 Å². The Morgan fingerprint density at radius 3 is 2.30 bits per heavy atom. The number of benzene rings is 1. The summed E-state index contributed by atoms with van der Waals surface area (Å²) >= 11 is 1.72. The Kier molecular flexibility index (Phi) is 5.00. The smallest absolute Gasteiger partial charge is 0.0955 e. The molecule has 0 aliphatic rings. The molecule has 1 heterocycles. The summed E-state index contributed by atoms with van der Waals surface area (Å²) in [6.07, 6.45) is 0.658. The lowest BCUT2D eigenvalue weighted by Gasteiger charge is -2.28. The number of thiophene rings is 1. The Labute approximate surface area is 126 Å². The third-order valence-corrected chi connectivity index (χ3v) is 5.35. The van der Waals surface area contributed by atoms with Gasteiger partial charge in [0.2, 0.25) is 0 Å². The Hall–Kier alpha value is -1.12. The van der Waals surface area contributed by atoms with E-state index in [0.29, 0.717) is 5.92 Å². The first-order valence-corrected chi connectivity index (χ1v) is 8.16. The maximum atomic E-state index is 10.9. The Morgan fingerprint density at radius 1 is 1.15 bits per heavy atom. The molecule has 0 bridgehead atoms. The van der Waals surface area contributed by atoms with Crippen molar-refractivity contribution in [3.63, 3.8) is 0 Å². The summed E-state index contributed by atoms with van der Waals surface area (Å²) < 4.78 is 0. The van der Waals surface area contributed by atoms with Crippen molar-refractivity contribution in [1.82, 2.24) is 0 Å². The molecule has 1 aromatic carbocycles. The van der Waals surface area contributed by atoms with E-state index >= 15 is 0 Å². The molecule has 2 rings (SSSR count). The van der Waals surface area contributed by atoms with E-state index in [-0.39, 0.29) is 5.92 Å². The van der Waals surface area contributed by atoms with E-state index in [1.165, 1.54) is 16.0 Å². The van der Waals surface area contributed by atoms with Crippen molar-refractivity contribution in [3.8, 4) is 0 Å². The minimum Gasteiger partial charge on any atom is -0.387 e. The number of hydrogen-bond donors (Lipinski definition) is 1. The summed E-state index contributed by atoms with van der Waals surface area (Å²) in [6, 6.07) is 12.6. The van der Waals surface area contributed by atoms with Crippen molar-refractivity contribution in [2.75, 3.05) is 0 Å². The van der Waals surface area contributed by atoms with Gasteiger partial charge in [-0.1, -0.05) is 50.6 Å². The summed E-state index contributed by atoms with van der Waals surface area (Å²) in [4.78, 5) is 2.39. The van der Waals surface area contributed by atoms with Gasteiger partial charge in [0.25, 0.3) is 0 Å². The van der Waals surface area contributed by atoms with Crippen LogP contribution in [0.15, 0.2) is 36.4 Å². The number of hydrogen-bond acceptors (Lipinski definition) is 2. The van der Waals surface area contributed by atoms with Crippen LogP contribution in [-0.4, -0.2) is 5.11 Å². The first-order valence-electron chi connectivity index (χ1n) is 7.34. The Morgan fingerprint density at radius 2 is 1.80 bits per heavy atom. The second-order valence-corrected chi connectivity index (χ2v) is 6.96. The van der Waals surface area contributed by atoms with E-state index in [9.17, 15) is 5.11 Å². The minimum absolute atomic E-state index is 0.165. The molecule has 3 atom stereocenters. The van der Waals surface area contributed by atoms with Crippen LogP contribution in [0.4, 0.5) is 0 Å². The van der Waals surface area contributed by atoms with Crippen LogP contribution < -0.4 is 0 Å². The largest absolute Gasteiger partial charge is 0.387 e. The first kappa shape index (κ1) is 15.3. The average Bonchev–Trinajstić information content (AvgIpc) is 2.79. The molecule has 2 aromatic rings. The van der Waals surface area contributed by atoms with Crippen LogP contribution in [0.3, 0.4) is 0 Å². The lowest BCUT2D eigenvalue weighted by molar-refractivity contribution is 0.121. The second-order valence-electron chi connectivity index (χ2n) is 5.67. The van der Waals surface area contributed by atoms with Gasteiger partial charge in [0.1, 0.15) is 0 Å². The summed E-state index contributed by atoms with van der Waals surface area (Å²) in [7, 11) is 0. The number of rotatable bonds is 5. The van der Waals surface area contributed by atoms with Gasteiger partial charge in [0, 0.05) is 15.7 Å². The molecule has 0 amide bonds. The standard InChI is InChI=1S/C18H24OS/c1-5-12(2)16(15-9-7-6-8-10-15)17(19)18-13(3)11-14(4)20-18/h6-12,16-17,19H,5H2,1-4H3. The topological polar surface area (TPSA) is 20.2 Å². The predicted octanol–water partition coefficient (Wildman–Crippen LogP) is 5.23. The quantitative estimate of drug-likeness (QED) is 0.799. The van der Waals surface area contributed by atoms with Crippen LogP contribution in [0.5, 0.6) is 0 Å². The van der Waals surface area contributed by atoms with E-state index in [2.05, 4.69) is 58.0 Å². The van der Waals surface area contributed by atoms with Gasteiger partial charge < -0.3 is 5.11 Å². The number of aliphatic hydroxyl groups is 1. The highest BCUT2D eigenvalue weighted by Gasteiger charge is 2.29. The van der Waals surface area contributed by atoms with Crippen LogP contribution >= 0.6 is 11.3 Å². The van der Waals surface area contributed by atoms with Crippen molar-refractivity contribution in [2.45, 2.75) is 46.1 Å². The third-order valence-electron chi connectivity index (χ3n) is 4.13. The fraction of sp³-hybridized carbons (Fsp3) is 0.444. The molecule has 108 valence electrons. The SMILES string of the molecule is CCC(C)C(c1ccccc1)C(O)c1sc(C)cc1C.